The van der Waals surface area contributed by atoms with Crippen molar-refractivity contribution in [3.63, 3.8) is 0 Å². The van der Waals surface area contributed by atoms with E-state index in [9.17, 15) is 68.2 Å². The van der Waals surface area contributed by atoms with Crippen molar-refractivity contribution >= 4 is 35.5 Å². The Kier molecular flexibility index (Phi) is 16.6. The second-order valence-electron chi connectivity index (χ2n) is 11.9. The fourth-order valence-corrected chi connectivity index (χ4v) is 4.10. The Morgan fingerprint density at radius 1 is 0.750 bits per heavy atom. The van der Waals surface area contributed by atoms with Crippen LogP contribution in [0.3, 0.4) is 0 Å². The monoisotopic (exact) mass is 784 g/mol. The molecule has 0 saturated heterocycles. The fraction of sp³-hybridized carbons (Fsp3) is 0.484. The number of nitrogens with one attached hydrogen (secondary N) is 2. The number of carbonyl (C=O) groups is 4. The zero-order chi connectivity index (χ0) is 40.4. The Balaban J connectivity index is 0.000000528. The van der Waals surface area contributed by atoms with Crippen LogP contribution in [0.15, 0.2) is 24.3 Å². The van der Waals surface area contributed by atoms with Crippen molar-refractivity contribution in [1.29, 1.82) is 0 Å². The first-order chi connectivity index (χ1) is 23.7. The lowest BCUT2D eigenvalue weighted by molar-refractivity contribution is -0.243. The van der Waals surface area contributed by atoms with E-state index in [2.05, 4.69) is 20.1 Å². The van der Waals surface area contributed by atoms with Gasteiger partial charge in [-0.15, -0.1) is 0 Å². The summed E-state index contributed by atoms with van der Waals surface area (Å²) < 4.78 is 144. The molecule has 2 aromatic rings. The maximum absolute atomic E-state index is 13.6. The van der Waals surface area contributed by atoms with Gasteiger partial charge in [0.05, 0.1) is 0 Å². The first-order valence-electron chi connectivity index (χ1n) is 14.7. The van der Waals surface area contributed by atoms with E-state index in [1.54, 1.807) is 20.8 Å². The third kappa shape index (κ3) is 13.9. The maximum Gasteiger partial charge on any atom is 0.471 e. The average Bonchev–Trinajstić information content (AvgIpc) is 3.01. The minimum Gasteiger partial charge on any atom is -0.480 e. The summed E-state index contributed by atoms with van der Waals surface area (Å²) >= 11 is 1.51. The van der Waals surface area contributed by atoms with Crippen LogP contribution in [-0.2, 0) is 19.1 Å². The van der Waals surface area contributed by atoms with Crippen LogP contribution in [0.2, 0.25) is 0 Å². The number of carbonyl (C=O) groups excluding carboxylic acids is 3. The molecule has 0 aliphatic rings. The minimum atomic E-state index is -5.59. The molecule has 0 aliphatic carbocycles. The van der Waals surface area contributed by atoms with Crippen molar-refractivity contribution in [3.05, 3.63) is 59.2 Å². The van der Waals surface area contributed by atoms with E-state index in [0.717, 1.165) is 0 Å². The van der Waals surface area contributed by atoms with Gasteiger partial charge < -0.3 is 30.0 Å². The number of benzene rings is 2. The quantitative estimate of drug-likeness (QED) is 0.129. The van der Waals surface area contributed by atoms with Gasteiger partial charge in [-0.25, -0.2) is 27.2 Å². The van der Waals surface area contributed by atoms with Gasteiger partial charge in [-0.1, -0.05) is 13.8 Å². The largest absolute Gasteiger partial charge is 0.480 e. The van der Waals surface area contributed by atoms with Gasteiger partial charge in [-0.05, 0) is 75.8 Å². The standard InChI is InChI=1S/C16H30N2O5S.C15H4F10O3/c1-10(2)9-12(18-15(22)23-16(3,4)5)13(19)17-11(14(20)21)7-8-24-6;16-5-1-3-7(11(20)9(5)18)27-14(22,23)13(26)15(24,25)28-8-4-2-6(17)10(19)12(8)21/h10-12H,7-9H2,1-6H3,(H,17,19)(H,18,22)(H,20,21);1-4H/t11-,12-;/m0./s1. The van der Waals surface area contributed by atoms with E-state index < -0.39 is 100 Å². The van der Waals surface area contributed by atoms with Crippen LogP contribution < -0.4 is 20.1 Å². The molecule has 0 radical (unpaired) electrons. The molecule has 0 aliphatic heterocycles. The Hall–Kier alpha value is -4.43. The lowest BCUT2D eigenvalue weighted by Crippen LogP contribution is -2.52. The van der Waals surface area contributed by atoms with Crippen LogP contribution in [-0.4, -0.2) is 70.8 Å². The zero-order valence-corrected chi connectivity index (χ0v) is 29.0. The molecule has 52 heavy (non-hydrogen) atoms. The Morgan fingerprint density at radius 3 is 1.56 bits per heavy atom. The molecule has 0 saturated carbocycles. The highest BCUT2D eigenvalue weighted by atomic mass is 32.2. The number of carboxylic acid groups (broad SMARTS) is 1. The molecule has 3 N–H and O–H groups in total. The molecule has 0 bridgehead atoms. The molecule has 292 valence electrons. The summed E-state index contributed by atoms with van der Waals surface area (Å²) in [7, 11) is 0. The van der Waals surface area contributed by atoms with E-state index in [1.165, 1.54) is 11.8 Å². The number of alkyl carbamates (subject to hydrolysis) is 1. The molecule has 0 fully saturated rings. The van der Waals surface area contributed by atoms with Gasteiger partial charge in [0.2, 0.25) is 17.5 Å². The lowest BCUT2D eigenvalue weighted by atomic mass is 10.0. The third-order valence-corrected chi connectivity index (χ3v) is 6.59. The smallest absolute Gasteiger partial charge is 0.471 e. The summed E-state index contributed by atoms with van der Waals surface area (Å²) in [6.45, 7) is 9.02. The molecule has 21 heteroatoms. The van der Waals surface area contributed by atoms with Crippen molar-refractivity contribution < 1.29 is 82.4 Å². The molecule has 0 unspecified atom stereocenters. The van der Waals surface area contributed by atoms with E-state index >= 15 is 0 Å². The van der Waals surface area contributed by atoms with Crippen LogP contribution in [0.5, 0.6) is 11.5 Å². The number of ether oxygens (including phenoxy) is 3. The highest BCUT2D eigenvalue weighted by Crippen LogP contribution is 2.35. The Labute approximate surface area is 294 Å². The summed E-state index contributed by atoms with van der Waals surface area (Å²) in [5.41, 5.74) is -0.676. The number of halogens is 10. The van der Waals surface area contributed by atoms with Crippen LogP contribution in [0.25, 0.3) is 0 Å². The molecule has 0 heterocycles. The van der Waals surface area contributed by atoms with Gasteiger partial charge >= 0.3 is 30.1 Å². The summed E-state index contributed by atoms with van der Waals surface area (Å²) in [6.07, 6.45) is -9.30. The van der Waals surface area contributed by atoms with Crippen molar-refractivity contribution in [3.8, 4) is 11.5 Å². The van der Waals surface area contributed by atoms with Gasteiger partial charge in [-0.3, -0.25) is 9.59 Å². The van der Waals surface area contributed by atoms with Gasteiger partial charge in [0, 0.05) is 0 Å². The van der Waals surface area contributed by atoms with Gasteiger partial charge in [0.25, 0.3) is 0 Å². The van der Waals surface area contributed by atoms with Crippen LogP contribution in [0, 0.1) is 40.8 Å². The highest BCUT2D eigenvalue weighted by molar-refractivity contribution is 7.98. The number of hydrogen-bond acceptors (Lipinski definition) is 8. The van der Waals surface area contributed by atoms with Crippen molar-refractivity contribution in [2.45, 2.75) is 77.4 Å². The topological polar surface area (TPSA) is 140 Å². The number of amides is 2. The molecular weight excluding hydrogens is 750 g/mol. The molecule has 0 spiro atoms. The van der Waals surface area contributed by atoms with Crippen LogP contribution >= 0.6 is 11.8 Å². The minimum absolute atomic E-state index is 0.0724. The SMILES string of the molecule is CSCC[C@H](NC(=O)[C@H](CC(C)C)NC(=O)OC(C)(C)C)C(=O)O.O=C(C(F)(F)Oc1ccc(F)c(F)c1F)C(F)(F)Oc1ccc(F)c(F)c1F. The first-order valence-corrected chi connectivity index (χ1v) is 16.1. The number of aliphatic carboxylic acids is 1. The predicted molar refractivity (Wildman–Crippen MR) is 164 cm³/mol. The third-order valence-electron chi connectivity index (χ3n) is 5.94. The van der Waals surface area contributed by atoms with Crippen molar-refractivity contribution in [2.75, 3.05) is 12.0 Å². The second kappa shape index (κ2) is 18.9. The molecule has 2 aromatic carbocycles. The number of ketones is 1. The second-order valence-corrected chi connectivity index (χ2v) is 12.9. The molecule has 0 aromatic heterocycles. The summed E-state index contributed by atoms with van der Waals surface area (Å²) in [4.78, 5) is 46.9. The first kappa shape index (κ1) is 45.6. The van der Waals surface area contributed by atoms with Crippen molar-refractivity contribution in [2.24, 2.45) is 5.92 Å². The highest BCUT2D eigenvalue weighted by Gasteiger charge is 2.60. The molecule has 10 nitrogen and oxygen atoms in total. The van der Waals surface area contributed by atoms with Crippen molar-refractivity contribution in [1.82, 2.24) is 10.6 Å². The van der Waals surface area contributed by atoms with E-state index in [0.29, 0.717) is 18.6 Å². The number of alkyl halides is 4. The number of Topliss-reactive ketones (excluding diaryl/α,β-unsaturated/α-hetero) is 1. The Bertz CT molecular complexity index is 1520. The van der Waals surface area contributed by atoms with Gasteiger partial charge in [-0.2, -0.15) is 38.1 Å². The van der Waals surface area contributed by atoms with Gasteiger partial charge in [0.1, 0.15) is 17.7 Å². The maximum atomic E-state index is 13.6. The Morgan fingerprint density at radius 2 is 1.19 bits per heavy atom. The lowest BCUT2D eigenvalue weighted by Gasteiger charge is -2.25. The van der Waals surface area contributed by atoms with Crippen LogP contribution in [0.4, 0.5) is 48.7 Å². The fourth-order valence-electron chi connectivity index (χ4n) is 3.63. The average molecular weight is 785 g/mol. The zero-order valence-electron chi connectivity index (χ0n) is 28.2. The molecule has 2 atom stereocenters. The summed E-state index contributed by atoms with van der Waals surface area (Å²) in [6, 6.07) is -1.47. The molecule has 2 rings (SSSR count). The number of rotatable bonds is 15. The van der Waals surface area contributed by atoms with E-state index in [-0.39, 0.29) is 30.2 Å². The number of carboxylic acids is 1. The molecular formula is C31H34F10N2O8S. The number of thioether (sulfide) groups is 1. The van der Waals surface area contributed by atoms with Crippen LogP contribution in [0.1, 0.15) is 47.5 Å². The predicted octanol–water partition coefficient (Wildman–Crippen LogP) is 6.98. The van der Waals surface area contributed by atoms with E-state index in [4.69, 9.17) is 4.74 Å². The number of hydrogen-bond donors (Lipinski definition) is 3. The molecule has 2 amide bonds. The summed E-state index contributed by atoms with van der Waals surface area (Å²) in [5.74, 6) is -21.0. The summed E-state index contributed by atoms with van der Waals surface area (Å²) in [5, 5.41) is 14.2. The van der Waals surface area contributed by atoms with E-state index in [1.807, 2.05) is 20.1 Å². The normalized spacial score (nSPS) is 12.9. The van der Waals surface area contributed by atoms with Gasteiger partial charge in [0.15, 0.2) is 34.8 Å².